The highest BCUT2D eigenvalue weighted by Gasteiger charge is 2.34. The summed E-state index contributed by atoms with van der Waals surface area (Å²) < 4.78 is 0. The molecule has 2 rings (SSSR count). The average Bonchev–Trinajstić information content (AvgIpc) is 2.90. The van der Waals surface area contributed by atoms with Crippen LogP contribution in [0.25, 0.3) is 0 Å². The summed E-state index contributed by atoms with van der Waals surface area (Å²) in [5, 5.41) is 3.09. The first-order valence-corrected chi connectivity index (χ1v) is 7.32. The normalized spacial score (nSPS) is 15.8. The summed E-state index contributed by atoms with van der Waals surface area (Å²) in [6.45, 7) is 5.90. The third-order valence-electron chi connectivity index (χ3n) is 3.02. The van der Waals surface area contributed by atoms with Gasteiger partial charge in [-0.3, -0.25) is 14.5 Å². The number of hydrogen-bond donors (Lipinski definition) is 1. The molecule has 1 fully saturated rings. The van der Waals surface area contributed by atoms with Crippen LogP contribution in [0.3, 0.4) is 0 Å². The first-order chi connectivity index (χ1) is 9.68. The second-order valence-corrected chi connectivity index (χ2v) is 6.98. The Labute approximate surface area is 126 Å². The number of hydrogen-bond acceptors (Lipinski definition) is 5. The molecule has 0 unspecified atom stereocenters. The van der Waals surface area contributed by atoms with Crippen LogP contribution in [0.15, 0.2) is 6.20 Å². The summed E-state index contributed by atoms with van der Waals surface area (Å²) in [4.78, 5) is 42.6. The van der Waals surface area contributed by atoms with Crippen molar-refractivity contribution < 1.29 is 14.4 Å². The first kappa shape index (κ1) is 15.4. The zero-order chi connectivity index (χ0) is 15.8. The van der Waals surface area contributed by atoms with E-state index in [4.69, 9.17) is 0 Å². The number of imide groups is 1. The standard InChI is InChI=1S/C13H18N4O3S/c1-13(2,3)8-5-14-11(21-8)15-9(18)6-17-10(19)7-16(4)12(17)20/h5H,6-7H2,1-4H3,(H,14,15,18). The van der Waals surface area contributed by atoms with Crippen molar-refractivity contribution in [2.24, 2.45) is 0 Å². The van der Waals surface area contributed by atoms with Gasteiger partial charge in [0.25, 0.3) is 5.91 Å². The van der Waals surface area contributed by atoms with Crippen molar-refractivity contribution in [2.45, 2.75) is 26.2 Å². The fourth-order valence-electron chi connectivity index (χ4n) is 1.81. The van der Waals surface area contributed by atoms with Gasteiger partial charge in [0.1, 0.15) is 13.1 Å². The summed E-state index contributed by atoms with van der Waals surface area (Å²) in [5.74, 6) is -0.797. The minimum absolute atomic E-state index is 0.0114. The predicted octanol–water partition coefficient (Wildman–Crippen LogP) is 1.27. The molecule has 21 heavy (non-hydrogen) atoms. The lowest BCUT2D eigenvalue weighted by Gasteiger charge is -2.14. The predicted molar refractivity (Wildman–Crippen MR) is 79.2 cm³/mol. The van der Waals surface area contributed by atoms with Gasteiger partial charge in [-0.05, 0) is 5.41 Å². The number of carbonyl (C=O) groups is 3. The molecule has 4 amide bonds. The molecule has 0 saturated carbocycles. The lowest BCUT2D eigenvalue weighted by atomic mass is 9.96. The highest BCUT2D eigenvalue weighted by Crippen LogP contribution is 2.30. The summed E-state index contributed by atoms with van der Waals surface area (Å²) in [6, 6.07) is -0.454. The molecule has 7 nitrogen and oxygen atoms in total. The Morgan fingerprint density at radius 2 is 2.10 bits per heavy atom. The second kappa shape index (κ2) is 5.44. The van der Waals surface area contributed by atoms with Crippen molar-refractivity contribution >= 4 is 34.3 Å². The number of likely N-dealkylation sites (N-methyl/N-ethyl adjacent to an activating group) is 1. The Balaban J connectivity index is 1.98. The van der Waals surface area contributed by atoms with Gasteiger partial charge in [-0.1, -0.05) is 20.8 Å². The molecule has 1 aliphatic heterocycles. The van der Waals surface area contributed by atoms with Gasteiger partial charge in [-0.25, -0.2) is 9.78 Å². The molecule has 1 saturated heterocycles. The zero-order valence-corrected chi connectivity index (χ0v) is 13.3. The van der Waals surface area contributed by atoms with Crippen LogP contribution in [-0.4, -0.2) is 52.8 Å². The molecular formula is C13H18N4O3S. The van der Waals surface area contributed by atoms with Crippen LogP contribution in [-0.2, 0) is 15.0 Å². The number of nitrogens with zero attached hydrogens (tertiary/aromatic N) is 3. The molecule has 2 heterocycles. The SMILES string of the molecule is CN1CC(=O)N(CC(=O)Nc2ncc(C(C)(C)C)s2)C1=O. The third kappa shape index (κ3) is 3.38. The largest absolute Gasteiger partial charge is 0.327 e. The maximum atomic E-state index is 11.9. The summed E-state index contributed by atoms with van der Waals surface area (Å²) >= 11 is 1.39. The van der Waals surface area contributed by atoms with Crippen molar-refractivity contribution in [1.82, 2.24) is 14.8 Å². The highest BCUT2D eigenvalue weighted by atomic mass is 32.1. The lowest BCUT2D eigenvalue weighted by molar-refractivity contribution is -0.129. The van der Waals surface area contributed by atoms with Crippen molar-refractivity contribution in [3.63, 3.8) is 0 Å². The van der Waals surface area contributed by atoms with Crippen molar-refractivity contribution in [3.8, 4) is 0 Å². The van der Waals surface area contributed by atoms with Gasteiger partial charge in [0.05, 0.1) is 0 Å². The van der Waals surface area contributed by atoms with Crippen LogP contribution in [0, 0.1) is 0 Å². The molecule has 0 spiro atoms. The van der Waals surface area contributed by atoms with Gasteiger partial charge in [0, 0.05) is 18.1 Å². The van der Waals surface area contributed by atoms with E-state index in [9.17, 15) is 14.4 Å². The van der Waals surface area contributed by atoms with Crippen LogP contribution in [0.5, 0.6) is 0 Å². The number of aromatic nitrogens is 1. The maximum absolute atomic E-state index is 11.9. The fourth-order valence-corrected chi connectivity index (χ4v) is 2.70. The van der Waals surface area contributed by atoms with Gasteiger partial charge in [-0.2, -0.15) is 0 Å². The van der Waals surface area contributed by atoms with Gasteiger partial charge in [-0.15, -0.1) is 11.3 Å². The van der Waals surface area contributed by atoms with Crippen molar-refractivity contribution in [2.75, 3.05) is 25.5 Å². The summed E-state index contributed by atoms with van der Waals surface area (Å²) in [5.41, 5.74) is -0.0375. The number of amides is 4. The number of thiazole rings is 1. The lowest BCUT2D eigenvalue weighted by Crippen LogP contribution is -2.38. The molecule has 114 valence electrons. The van der Waals surface area contributed by atoms with E-state index in [-0.39, 0.29) is 24.4 Å². The van der Waals surface area contributed by atoms with E-state index in [1.54, 1.807) is 6.20 Å². The topological polar surface area (TPSA) is 82.6 Å². The molecule has 8 heteroatoms. The van der Waals surface area contributed by atoms with E-state index in [1.165, 1.54) is 23.3 Å². The molecular weight excluding hydrogens is 292 g/mol. The van der Waals surface area contributed by atoms with Crippen LogP contribution in [0.2, 0.25) is 0 Å². The van der Waals surface area contributed by atoms with Crippen LogP contribution >= 0.6 is 11.3 Å². The van der Waals surface area contributed by atoms with Crippen molar-refractivity contribution in [3.05, 3.63) is 11.1 Å². The minimum atomic E-state index is -0.454. The molecule has 0 aliphatic carbocycles. The molecule has 0 bridgehead atoms. The summed E-state index contributed by atoms with van der Waals surface area (Å²) in [7, 11) is 1.52. The molecule has 1 aliphatic rings. The zero-order valence-electron chi connectivity index (χ0n) is 12.5. The van der Waals surface area contributed by atoms with Crippen molar-refractivity contribution in [1.29, 1.82) is 0 Å². The van der Waals surface area contributed by atoms with Crippen LogP contribution in [0.1, 0.15) is 25.6 Å². The van der Waals surface area contributed by atoms with E-state index in [2.05, 4.69) is 31.1 Å². The number of anilines is 1. The Morgan fingerprint density at radius 3 is 2.57 bits per heavy atom. The third-order valence-corrected chi connectivity index (χ3v) is 4.36. The number of nitrogens with one attached hydrogen (secondary N) is 1. The first-order valence-electron chi connectivity index (χ1n) is 6.50. The van der Waals surface area contributed by atoms with Gasteiger partial charge >= 0.3 is 6.03 Å². The smallest absolute Gasteiger partial charge is 0.318 e. The monoisotopic (exact) mass is 310 g/mol. The van der Waals surface area contributed by atoms with Gasteiger partial charge < -0.3 is 10.2 Å². The number of rotatable bonds is 3. The van der Waals surface area contributed by atoms with Crippen LogP contribution in [0.4, 0.5) is 9.93 Å². The number of urea groups is 1. The summed E-state index contributed by atoms with van der Waals surface area (Å²) in [6.07, 6.45) is 1.72. The second-order valence-electron chi connectivity index (χ2n) is 5.95. The quantitative estimate of drug-likeness (QED) is 0.852. The molecule has 1 aromatic rings. The van der Waals surface area contributed by atoms with E-state index in [0.717, 1.165) is 9.78 Å². The van der Waals surface area contributed by atoms with E-state index in [0.29, 0.717) is 5.13 Å². The number of carbonyl (C=O) groups excluding carboxylic acids is 3. The Hall–Kier alpha value is -1.96. The molecule has 1 N–H and O–H groups in total. The molecule has 0 radical (unpaired) electrons. The average molecular weight is 310 g/mol. The Morgan fingerprint density at radius 1 is 1.43 bits per heavy atom. The van der Waals surface area contributed by atoms with Crippen LogP contribution < -0.4 is 5.32 Å². The van der Waals surface area contributed by atoms with Gasteiger partial charge in [0.15, 0.2) is 5.13 Å². The molecule has 0 atom stereocenters. The maximum Gasteiger partial charge on any atom is 0.327 e. The van der Waals surface area contributed by atoms with Gasteiger partial charge in [0.2, 0.25) is 5.91 Å². The highest BCUT2D eigenvalue weighted by molar-refractivity contribution is 7.15. The molecule has 0 aromatic carbocycles. The molecule has 1 aromatic heterocycles. The minimum Gasteiger partial charge on any atom is -0.318 e. The fraction of sp³-hybridized carbons (Fsp3) is 0.538. The Kier molecular flexibility index (Phi) is 3.99. The van der Waals surface area contributed by atoms with E-state index >= 15 is 0 Å². The van der Waals surface area contributed by atoms with E-state index in [1.807, 2.05) is 0 Å². The Bertz CT molecular complexity index is 590. The van der Waals surface area contributed by atoms with E-state index < -0.39 is 11.9 Å².